The van der Waals surface area contributed by atoms with E-state index in [-0.39, 0.29) is 0 Å². The molecular formula is C13H19ClN2O. The zero-order valence-electron chi connectivity index (χ0n) is 10.3. The Kier molecular flexibility index (Phi) is 5.32. The van der Waals surface area contributed by atoms with Crippen LogP contribution >= 0.6 is 11.6 Å². The first-order chi connectivity index (χ1) is 8.00. The number of nitrogens with two attached hydrogens (primary N) is 1. The van der Waals surface area contributed by atoms with E-state index in [1.54, 1.807) is 0 Å². The predicted octanol–water partition coefficient (Wildman–Crippen LogP) is 3.24. The van der Waals surface area contributed by atoms with Gasteiger partial charge in [0.2, 0.25) is 0 Å². The Morgan fingerprint density at radius 1 is 1.53 bits per heavy atom. The van der Waals surface area contributed by atoms with Crippen molar-refractivity contribution in [2.75, 3.05) is 30.8 Å². The van der Waals surface area contributed by atoms with Gasteiger partial charge in [-0.25, -0.2) is 0 Å². The summed E-state index contributed by atoms with van der Waals surface area (Å²) in [5.74, 6) is 0. The number of aryl methyl sites for hydroxylation is 1. The number of ether oxygens (including phenoxy) is 1. The number of nitrogens with one attached hydrogen (secondary N) is 1. The van der Waals surface area contributed by atoms with Crippen molar-refractivity contribution in [3.8, 4) is 0 Å². The lowest BCUT2D eigenvalue weighted by molar-refractivity contribution is 0.167. The minimum atomic E-state index is 0.570. The third-order valence-corrected chi connectivity index (χ3v) is 2.58. The Labute approximate surface area is 108 Å². The molecule has 0 fully saturated rings. The topological polar surface area (TPSA) is 47.3 Å². The molecule has 1 aromatic rings. The zero-order chi connectivity index (χ0) is 12.8. The molecule has 0 aliphatic rings. The van der Waals surface area contributed by atoms with Gasteiger partial charge < -0.3 is 15.8 Å². The van der Waals surface area contributed by atoms with Gasteiger partial charge in [-0.05, 0) is 31.5 Å². The normalized spacial score (nSPS) is 10.3. The van der Waals surface area contributed by atoms with Gasteiger partial charge in [0.15, 0.2) is 0 Å². The molecule has 17 heavy (non-hydrogen) atoms. The maximum absolute atomic E-state index is 5.96. The summed E-state index contributed by atoms with van der Waals surface area (Å²) in [5, 5.41) is 3.83. The fraction of sp³-hybridized carbons (Fsp3) is 0.385. The van der Waals surface area contributed by atoms with Gasteiger partial charge in [-0.15, -0.1) is 0 Å². The molecule has 0 amide bonds. The smallest absolute Gasteiger partial charge is 0.0672 e. The summed E-state index contributed by atoms with van der Waals surface area (Å²) >= 11 is 5.96. The lowest BCUT2D eigenvalue weighted by Crippen LogP contribution is -2.11. The molecule has 0 saturated carbocycles. The number of nitrogen functional groups attached to an aromatic ring is 1. The van der Waals surface area contributed by atoms with E-state index in [1.165, 1.54) is 0 Å². The molecule has 0 aliphatic carbocycles. The van der Waals surface area contributed by atoms with Crippen LogP contribution in [0.5, 0.6) is 0 Å². The van der Waals surface area contributed by atoms with Gasteiger partial charge in [0.05, 0.1) is 23.9 Å². The molecule has 0 bridgehead atoms. The summed E-state index contributed by atoms with van der Waals surface area (Å²) in [4.78, 5) is 0. The molecule has 0 aliphatic heterocycles. The third kappa shape index (κ3) is 4.67. The van der Waals surface area contributed by atoms with Gasteiger partial charge in [-0.1, -0.05) is 23.8 Å². The summed E-state index contributed by atoms with van der Waals surface area (Å²) < 4.78 is 5.39. The Balaban J connectivity index is 2.41. The van der Waals surface area contributed by atoms with Crippen molar-refractivity contribution in [2.45, 2.75) is 13.8 Å². The van der Waals surface area contributed by atoms with Crippen LogP contribution in [0.2, 0.25) is 5.02 Å². The minimum absolute atomic E-state index is 0.570. The van der Waals surface area contributed by atoms with E-state index in [9.17, 15) is 0 Å². The second-order valence-corrected chi connectivity index (χ2v) is 4.53. The van der Waals surface area contributed by atoms with E-state index in [0.29, 0.717) is 23.9 Å². The highest BCUT2D eigenvalue weighted by atomic mass is 35.5. The number of hydrogen-bond acceptors (Lipinski definition) is 3. The van der Waals surface area contributed by atoms with E-state index in [0.717, 1.165) is 23.4 Å². The van der Waals surface area contributed by atoms with Crippen molar-refractivity contribution in [2.24, 2.45) is 0 Å². The van der Waals surface area contributed by atoms with Crippen LogP contribution in [-0.2, 0) is 4.74 Å². The van der Waals surface area contributed by atoms with Crippen molar-refractivity contribution in [1.29, 1.82) is 0 Å². The van der Waals surface area contributed by atoms with Crippen LogP contribution < -0.4 is 11.1 Å². The Morgan fingerprint density at radius 2 is 2.24 bits per heavy atom. The van der Waals surface area contributed by atoms with Crippen molar-refractivity contribution in [3.05, 3.63) is 34.9 Å². The van der Waals surface area contributed by atoms with E-state index < -0.39 is 0 Å². The molecular weight excluding hydrogens is 236 g/mol. The summed E-state index contributed by atoms with van der Waals surface area (Å²) in [7, 11) is 0. The van der Waals surface area contributed by atoms with Crippen LogP contribution in [0.1, 0.15) is 12.5 Å². The van der Waals surface area contributed by atoms with Crippen molar-refractivity contribution >= 4 is 23.0 Å². The van der Waals surface area contributed by atoms with E-state index in [1.807, 2.05) is 26.0 Å². The fourth-order valence-electron chi connectivity index (χ4n) is 1.40. The minimum Gasteiger partial charge on any atom is -0.398 e. The monoisotopic (exact) mass is 254 g/mol. The first-order valence-corrected chi connectivity index (χ1v) is 5.90. The molecule has 0 saturated heterocycles. The molecule has 4 heteroatoms. The SMILES string of the molecule is C=C(C)COCCNc1cc(Cl)c(N)cc1C. The molecule has 0 aromatic heterocycles. The van der Waals surface area contributed by atoms with Crippen LogP contribution in [0.4, 0.5) is 11.4 Å². The van der Waals surface area contributed by atoms with E-state index >= 15 is 0 Å². The largest absolute Gasteiger partial charge is 0.398 e. The standard InChI is InChI=1S/C13H19ClN2O/c1-9(2)8-17-5-4-16-13-7-11(14)12(15)6-10(13)3/h6-7,16H,1,4-5,8,15H2,2-3H3. The van der Waals surface area contributed by atoms with Gasteiger partial charge >= 0.3 is 0 Å². The maximum Gasteiger partial charge on any atom is 0.0672 e. The van der Waals surface area contributed by atoms with E-state index in [4.69, 9.17) is 22.1 Å². The Hall–Kier alpha value is -1.19. The highest BCUT2D eigenvalue weighted by Crippen LogP contribution is 2.26. The number of halogens is 1. The number of anilines is 2. The number of rotatable bonds is 6. The third-order valence-electron chi connectivity index (χ3n) is 2.25. The molecule has 3 nitrogen and oxygen atoms in total. The fourth-order valence-corrected chi connectivity index (χ4v) is 1.56. The van der Waals surface area contributed by atoms with Gasteiger partial charge in [0.1, 0.15) is 0 Å². The van der Waals surface area contributed by atoms with Crippen molar-refractivity contribution in [1.82, 2.24) is 0 Å². The predicted molar refractivity (Wildman–Crippen MR) is 74.7 cm³/mol. The van der Waals surface area contributed by atoms with Gasteiger partial charge in [0.25, 0.3) is 0 Å². The van der Waals surface area contributed by atoms with Gasteiger partial charge in [-0.3, -0.25) is 0 Å². The number of benzene rings is 1. The molecule has 94 valence electrons. The van der Waals surface area contributed by atoms with Crippen LogP contribution in [0.15, 0.2) is 24.3 Å². The average Bonchev–Trinajstić information content (AvgIpc) is 2.24. The zero-order valence-corrected chi connectivity index (χ0v) is 11.1. The van der Waals surface area contributed by atoms with Crippen LogP contribution in [0.25, 0.3) is 0 Å². The average molecular weight is 255 g/mol. The molecule has 1 rings (SSSR count). The molecule has 0 heterocycles. The van der Waals surface area contributed by atoms with Crippen LogP contribution in [-0.4, -0.2) is 19.8 Å². The molecule has 0 spiro atoms. The molecule has 0 radical (unpaired) electrons. The molecule has 0 unspecified atom stereocenters. The Bertz CT molecular complexity index is 405. The quantitative estimate of drug-likeness (QED) is 0.466. The van der Waals surface area contributed by atoms with Crippen molar-refractivity contribution in [3.63, 3.8) is 0 Å². The van der Waals surface area contributed by atoms with Gasteiger partial charge in [0, 0.05) is 12.2 Å². The summed E-state index contributed by atoms with van der Waals surface area (Å²) in [6.07, 6.45) is 0. The number of hydrogen-bond donors (Lipinski definition) is 2. The highest BCUT2D eigenvalue weighted by molar-refractivity contribution is 6.33. The van der Waals surface area contributed by atoms with Crippen molar-refractivity contribution < 1.29 is 4.74 Å². The molecule has 1 aromatic carbocycles. The highest BCUT2D eigenvalue weighted by Gasteiger charge is 2.02. The van der Waals surface area contributed by atoms with Crippen LogP contribution in [0.3, 0.4) is 0 Å². The lowest BCUT2D eigenvalue weighted by Gasteiger charge is -2.11. The molecule has 3 N–H and O–H groups in total. The Morgan fingerprint density at radius 3 is 2.88 bits per heavy atom. The second-order valence-electron chi connectivity index (χ2n) is 4.13. The molecule has 0 atom stereocenters. The summed E-state index contributed by atoms with van der Waals surface area (Å²) in [5.41, 5.74) is 9.40. The van der Waals surface area contributed by atoms with Gasteiger partial charge in [-0.2, -0.15) is 0 Å². The first-order valence-electron chi connectivity index (χ1n) is 5.52. The summed E-state index contributed by atoms with van der Waals surface area (Å²) in [6.45, 7) is 9.67. The van der Waals surface area contributed by atoms with Crippen LogP contribution in [0, 0.1) is 6.92 Å². The van der Waals surface area contributed by atoms with E-state index in [2.05, 4.69) is 11.9 Å². The second kappa shape index (κ2) is 6.52. The lowest BCUT2D eigenvalue weighted by atomic mass is 10.2. The first kappa shape index (κ1) is 13.9. The summed E-state index contributed by atoms with van der Waals surface area (Å²) in [6, 6.07) is 3.70. The maximum atomic E-state index is 5.96.